The number of hydrogen-bond acceptors (Lipinski definition) is 6. The second-order valence-electron chi connectivity index (χ2n) is 3.46. The molecule has 0 aliphatic heterocycles. The lowest BCUT2D eigenvalue weighted by Crippen LogP contribution is -2.32. The first kappa shape index (κ1) is 16.0. The average molecular weight is 315 g/mol. The van der Waals surface area contributed by atoms with E-state index in [2.05, 4.69) is 9.29 Å². The molecular formula is C6H11N3O8P2. The van der Waals surface area contributed by atoms with Crippen LogP contribution in [0, 0.1) is 0 Å². The van der Waals surface area contributed by atoms with E-state index in [-0.39, 0.29) is 12.1 Å². The van der Waals surface area contributed by atoms with Crippen molar-refractivity contribution in [1.82, 2.24) is 9.32 Å². The van der Waals surface area contributed by atoms with Gasteiger partial charge in [-0.25, -0.2) is 18.5 Å². The largest absolute Gasteiger partial charge is 0.480 e. The van der Waals surface area contributed by atoms with Crippen LogP contribution in [0.3, 0.4) is 0 Å². The van der Waals surface area contributed by atoms with Crippen molar-refractivity contribution in [3.8, 4) is 0 Å². The maximum atomic E-state index is 11.5. The number of nitrogens with two attached hydrogens (primary N) is 1. The molecule has 1 aromatic heterocycles. The van der Waals surface area contributed by atoms with Crippen LogP contribution in [0.15, 0.2) is 12.5 Å². The summed E-state index contributed by atoms with van der Waals surface area (Å²) in [5, 5.41) is 8.57. The third kappa shape index (κ3) is 4.84. The van der Waals surface area contributed by atoms with E-state index < -0.39 is 27.6 Å². The quantitative estimate of drug-likeness (QED) is 0.403. The van der Waals surface area contributed by atoms with Crippen LogP contribution in [-0.4, -0.2) is 41.1 Å². The Hall–Kier alpha value is -1.06. The predicted molar refractivity (Wildman–Crippen MR) is 59.9 cm³/mol. The minimum Gasteiger partial charge on any atom is -0.480 e. The van der Waals surface area contributed by atoms with Gasteiger partial charge in [0.05, 0.1) is 5.69 Å². The normalized spacial score (nSPS) is 16.8. The summed E-state index contributed by atoms with van der Waals surface area (Å²) in [6.45, 7) is 0. The molecule has 1 heterocycles. The van der Waals surface area contributed by atoms with Gasteiger partial charge in [0.25, 0.3) is 0 Å². The van der Waals surface area contributed by atoms with Crippen molar-refractivity contribution in [2.45, 2.75) is 12.5 Å². The lowest BCUT2D eigenvalue weighted by molar-refractivity contribution is -0.138. The van der Waals surface area contributed by atoms with Crippen LogP contribution in [0.5, 0.6) is 0 Å². The highest BCUT2D eigenvalue weighted by Gasteiger charge is 2.33. The van der Waals surface area contributed by atoms with E-state index in [0.29, 0.717) is 4.34 Å². The van der Waals surface area contributed by atoms with Gasteiger partial charge in [-0.1, -0.05) is 0 Å². The molecule has 0 saturated heterocycles. The molecule has 0 aliphatic rings. The van der Waals surface area contributed by atoms with Crippen molar-refractivity contribution < 1.29 is 38.0 Å². The smallest absolute Gasteiger partial charge is 0.478 e. The Kier molecular flexibility index (Phi) is 4.64. The molecule has 13 heteroatoms. The summed E-state index contributed by atoms with van der Waals surface area (Å²) in [5.41, 5.74) is 5.29. The summed E-state index contributed by atoms with van der Waals surface area (Å²) in [7, 11) is -9.98. The van der Waals surface area contributed by atoms with Crippen LogP contribution in [0.2, 0.25) is 0 Å². The zero-order valence-electron chi connectivity index (χ0n) is 9.23. The summed E-state index contributed by atoms with van der Waals surface area (Å²) in [6.07, 6.45) is 1.47. The van der Waals surface area contributed by atoms with E-state index in [1.54, 1.807) is 0 Å². The van der Waals surface area contributed by atoms with Gasteiger partial charge in [0.2, 0.25) is 0 Å². The van der Waals surface area contributed by atoms with Gasteiger partial charge < -0.3 is 25.5 Å². The van der Waals surface area contributed by atoms with Crippen LogP contribution >= 0.6 is 15.6 Å². The van der Waals surface area contributed by atoms with Crippen molar-refractivity contribution in [3.63, 3.8) is 0 Å². The van der Waals surface area contributed by atoms with Crippen molar-refractivity contribution in [3.05, 3.63) is 18.2 Å². The van der Waals surface area contributed by atoms with Crippen molar-refractivity contribution in [2.75, 3.05) is 0 Å². The summed E-state index contributed by atoms with van der Waals surface area (Å²) >= 11 is 0. The Labute approximate surface area is 106 Å². The Morgan fingerprint density at radius 2 is 2.05 bits per heavy atom. The number of aromatic nitrogens is 2. The van der Waals surface area contributed by atoms with Crippen molar-refractivity contribution in [2.24, 2.45) is 5.73 Å². The Morgan fingerprint density at radius 3 is 2.53 bits per heavy atom. The zero-order chi connectivity index (χ0) is 14.8. The maximum absolute atomic E-state index is 11.5. The summed E-state index contributed by atoms with van der Waals surface area (Å²) in [4.78, 5) is 40.3. The van der Waals surface area contributed by atoms with Crippen LogP contribution in [0.1, 0.15) is 5.69 Å². The van der Waals surface area contributed by atoms with Crippen LogP contribution in [0.25, 0.3) is 0 Å². The second kappa shape index (κ2) is 5.51. The lowest BCUT2D eigenvalue weighted by atomic mass is 10.2. The number of imidazole rings is 1. The first-order chi connectivity index (χ1) is 8.51. The van der Waals surface area contributed by atoms with Gasteiger partial charge in [0.15, 0.2) is 0 Å². The van der Waals surface area contributed by atoms with Gasteiger partial charge >= 0.3 is 21.5 Å². The fourth-order valence-electron chi connectivity index (χ4n) is 1.09. The average Bonchev–Trinajstić information content (AvgIpc) is 2.62. The first-order valence-electron chi connectivity index (χ1n) is 4.63. The molecule has 0 bridgehead atoms. The standard InChI is InChI=1S/C6H11N3O8P2/c7-5(6(10)11)1-4-2-9(3-8-4)18(12,13)17-19(14,15)16/h2-3,5H,1,7H2,(H,10,11)(H,12,13)(H2,14,15,16)/t5-/m0/s1. The minimum atomic E-state index is -5.17. The molecule has 0 saturated carbocycles. The van der Waals surface area contributed by atoms with Crippen LogP contribution in [0.4, 0.5) is 0 Å². The highest BCUT2D eigenvalue weighted by atomic mass is 31.3. The molecule has 0 aliphatic carbocycles. The third-order valence-corrected chi connectivity index (χ3v) is 4.38. The summed E-state index contributed by atoms with van der Waals surface area (Å²) in [6, 6.07) is -1.26. The highest BCUT2D eigenvalue weighted by Crippen LogP contribution is 2.57. The number of carbonyl (C=O) groups is 1. The van der Waals surface area contributed by atoms with E-state index in [9.17, 15) is 18.8 Å². The van der Waals surface area contributed by atoms with Crippen LogP contribution < -0.4 is 5.73 Å². The number of nitrogens with zero attached hydrogens (tertiary/aromatic N) is 2. The first-order valence-corrected chi connectivity index (χ1v) is 7.69. The molecule has 1 unspecified atom stereocenters. The number of carboxylic acid groups (broad SMARTS) is 1. The SMILES string of the molecule is N[C@@H](Cc1cn(P(=O)(O)OP(=O)(O)O)cn1)C(=O)O. The van der Waals surface area contributed by atoms with Gasteiger partial charge in [-0.15, -0.1) is 0 Å². The van der Waals surface area contributed by atoms with Gasteiger partial charge in [-0.3, -0.25) is 4.79 Å². The molecule has 19 heavy (non-hydrogen) atoms. The van der Waals surface area contributed by atoms with Gasteiger partial charge in [-0.05, 0) is 0 Å². The number of phosphoric acid groups is 1. The highest BCUT2D eigenvalue weighted by molar-refractivity contribution is 7.62. The van der Waals surface area contributed by atoms with Crippen molar-refractivity contribution in [1.29, 1.82) is 0 Å². The molecule has 1 aromatic rings. The molecule has 6 N–H and O–H groups in total. The Balaban J connectivity index is 2.87. The van der Waals surface area contributed by atoms with E-state index in [0.717, 1.165) is 12.5 Å². The topological polar surface area (TPSA) is 185 Å². The van der Waals surface area contributed by atoms with E-state index in [1.807, 2.05) is 0 Å². The Morgan fingerprint density at radius 1 is 1.47 bits per heavy atom. The number of hydrogen-bond donors (Lipinski definition) is 5. The Bertz CT molecular complexity index is 565. The van der Waals surface area contributed by atoms with Gasteiger partial charge in [0.1, 0.15) is 12.4 Å². The van der Waals surface area contributed by atoms with E-state index in [4.69, 9.17) is 20.6 Å². The van der Waals surface area contributed by atoms with Gasteiger partial charge in [0, 0.05) is 12.6 Å². The third-order valence-electron chi connectivity index (χ3n) is 1.87. The van der Waals surface area contributed by atoms with Crippen LogP contribution in [-0.2, 0) is 24.7 Å². The number of aliphatic carboxylic acids is 1. The maximum Gasteiger partial charge on any atom is 0.478 e. The summed E-state index contributed by atoms with van der Waals surface area (Å²) < 4.78 is 26.2. The second-order valence-corrected chi connectivity index (χ2v) is 6.53. The van der Waals surface area contributed by atoms with Crippen molar-refractivity contribution >= 4 is 21.5 Å². The minimum absolute atomic E-state index is 0.0542. The molecular weight excluding hydrogens is 304 g/mol. The fraction of sp³-hybridized carbons (Fsp3) is 0.333. The molecule has 0 radical (unpaired) electrons. The van der Waals surface area contributed by atoms with Gasteiger partial charge in [-0.2, -0.15) is 4.31 Å². The zero-order valence-corrected chi connectivity index (χ0v) is 11.0. The molecule has 11 nitrogen and oxygen atoms in total. The van der Waals surface area contributed by atoms with E-state index >= 15 is 0 Å². The fourth-order valence-corrected chi connectivity index (χ4v) is 3.00. The molecule has 0 spiro atoms. The molecule has 1 rings (SSSR count). The number of carboxylic acids is 1. The monoisotopic (exact) mass is 315 g/mol. The molecule has 108 valence electrons. The molecule has 0 aromatic carbocycles. The number of rotatable bonds is 6. The molecule has 0 fully saturated rings. The lowest BCUT2D eigenvalue weighted by Gasteiger charge is -2.12. The molecule has 0 amide bonds. The van der Waals surface area contributed by atoms with E-state index in [1.165, 1.54) is 0 Å². The predicted octanol–water partition coefficient (Wildman–Crippen LogP) is -1.10. The molecule has 2 atom stereocenters. The summed E-state index contributed by atoms with van der Waals surface area (Å²) in [5.74, 6) is -1.28.